The number of hydrogen-bond donors (Lipinski definition) is 0. The van der Waals surface area contributed by atoms with Gasteiger partial charge in [0.1, 0.15) is 5.75 Å². The summed E-state index contributed by atoms with van der Waals surface area (Å²) in [6.45, 7) is 1.85. The molecule has 0 radical (unpaired) electrons. The van der Waals surface area contributed by atoms with Crippen molar-refractivity contribution in [1.82, 2.24) is 10.1 Å². The number of rotatable bonds is 6. The molecule has 0 aliphatic heterocycles. The molecule has 0 atom stereocenters. The van der Waals surface area contributed by atoms with Crippen LogP contribution < -0.4 is 4.74 Å². The van der Waals surface area contributed by atoms with Crippen LogP contribution in [0.15, 0.2) is 53.1 Å². The maximum atomic E-state index is 13.3. The molecule has 0 spiro atoms. The minimum absolute atomic E-state index is 0.0504. The van der Waals surface area contributed by atoms with Crippen molar-refractivity contribution in [2.24, 2.45) is 0 Å². The van der Waals surface area contributed by atoms with E-state index in [0.29, 0.717) is 11.4 Å². The highest BCUT2D eigenvalue weighted by Gasteiger charge is 2.66. The lowest BCUT2D eigenvalue weighted by atomic mass is 10.1. The predicted octanol–water partition coefficient (Wildman–Crippen LogP) is 5.58. The van der Waals surface area contributed by atoms with E-state index in [9.17, 15) is 26.3 Å². The van der Waals surface area contributed by atoms with E-state index in [1.165, 1.54) is 12.1 Å². The van der Waals surface area contributed by atoms with Crippen LogP contribution in [0.2, 0.25) is 0 Å². The summed E-state index contributed by atoms with van der Waals surface area (Å²) in [7, 11) is 0. The number of nitrogens with zero attached hydrogens (tertiary/aromatic N) is 2. The summed E-state index contributed by atoms with van der Waals surface area (Å²) in [4.78, 5) is 4.19. The normalized spacial score (nSPS) is 12.4. The molecule has 3 rings (SSSR count). The Kier molecular flexibility index (Phi) is 5.05. The Balaban J connectivity index is 1.80. The summed E-state index contributed by atoms with van der Waals surface area (Å²) in [6.07, 6.45) is -9.97. The first-order chi connectivity index (χ1) is 13.1. The molecule has 28 heavy (non-hydrogen) atoms. The van der Waals surface area contributed by atoms with Gasteiger partial charge in [-0.1, -0.05) is 29.4 Å². The number of hydrogen-bond acceptors (Lipinski definition) is 4. The fourth-order valence-corrected chi connectivity index (χ4v) is 2.28. The molecular formula is C18H12F6N2O2. The molecule has 3 aromatic rings. The van der Waals surface area contributed by atoms with Gasteiger partial charge in [0.05, 0.1) is 0 Å². The zero-order chi connectivity index (χ0) is 20.5. The fraction of sp³-hybridized carbons (Fsp3) is 0.222. The highest BCUT2D eigenvalue weighted by Crippen LogP contribution is 2.40. The molecule has 0 aliphatic rings. The summed E-state index contributed by atoms with van der Waals surface area (Å²) in [5.74, 6) is -6.01. The van der Waals surface area contributed by atoms with Crippen LogP contribution >= 0.6 is 0 Å². The van der Waals surface area contributed by atoms with E-state index < -0.39 is 24.2 Å². The molecule has 0 bridgehead atoms. The van der Waals surface area contributed by atoms with E-state index in [1.807, 2.05) is 19.1 Å². The maximum absolute atomic E-state index is 13.3. The lowest BCUT2D eigenvalue weighted by molar-refractivity contribution is -0.342. The Morgan fingerprint density at radius 2 is 1.61 bits per heavy atom. The van der Waals surface area contributed by atoms with Crippen molar-refractivity contribution in [1.29, 1.82) is 0 Å². The van der Waals surface area contributed by atoms with E-state index in [1.54, 1.807) is 12.1 Å². The monoisotopic (exact) mass is 402 g/mol. The van der Waals surface area contributed by atoms with Crippen molar-refractivity contribution < 1.29 is 35.6 Å². The Hall–Kier alpha value is -3.04. The lowest BCUT2D eigenvalue weighted by Gasteiger charge is -2.25. The standard InChI is InChI=1S/C18H12F6N2O2/c1-10-4-2-3-5-13(10)14-25-15(28-26-14)11-6-8-12(9-7-11)27-18(23,24)17(21,22)16(19)20/h2-9,16H,1H3. The molecule has 0 aliphatic carbocycles. The number of halogens is 6. The third kappa shape index (κ3) is 3.67. The van der Waals surface area contributed by atoms with Gasteiger partial charge in [0.25, 0.3) is 5.89 Å². The third-order valence-corrected chi connectivity index (χ3v) is 3.82. The summed E-state index contributed by atoms with van der Waals surface area (Å²) in [6, 6.07) is 11.5. The highest BCUT2D eigenvalue weighted by atomic mass is 19.3. The largest absolute Gasteiger partial charge is 0.470 e. The van der Waals surface area contributed by atoms with Gasteiger partial charge in [-0.15, -0.1) is 0 Å². The number of alkyl halides is 6. The van der Waals surface area contributed by atoms with Crippen LogP contribution in [0.25, 0.3) is 22.8 Å². The molecule has 148 valence electrons. The molecule has 0 amide bonds. The van der Waals surface area contributed by atoms with Gasteiger partial charge >= 0.3 is 18.5 Å². The molecule has 10 heteroatoms. The molecule has 1 aromatic heterocycles. The second kappa shape index (κ2) is 7.17. The van der Waals surface area contributed by atoms with Gasteiger partial charge in [-0.3, -0.25) is 0 Å². The number of aromatic nitrogens is 2. The van der Waals surface area contributed by atoms with Crippen LogP contribution in [-0.2, 0) is 0 Å². The molecule has 0 fully saturated rings. The van der Waals surface area contributed by atoms with Crippen LogP contribution in [0.1, 0.15) is 5.56 Å². The van der Waals surface area contributed by atoms with Crippen LogP contribution in [0.5, 0.6) is 5.75 Å². The molecular weight excluding hydrogens is 390 g/mol. The molecule has 0 unspecified atom stereocenters. The minimum atomic E-state index is -5.64. The summed E-state index contributed by atoms with van der Waals surface area (Å²) >= 11 is 0. The average Bonchev–Trinajstić information content (AvgIpc) is 3.12. The number of aryl methyl sites for hydroxylation is 1. The van der Waals surface area contributed by atoms with E-state index >= 15 is 0 Å². The van der Waals surface area contributed by atoms with Crippen molar-refractivity contribution in [2.45, 2.75) is 25.4 Å². The molecule has 0 N–H and O–H groups in total. The van der Waals surface area contributed by atoms with Gasteiger partial charge in [0.15, 0.2) is 0 Å². The first-order valence-electron chi connectivity index (χ1n) is 7.85. The second-order valence-electron chi connectivity index (χ2n) is 5.80. The summed E-state index contributed by atoms with van der Waals surface area (Å²) < 4.78 is 85.5. The Morgan fingerprint density at radius 3 is 2.21 bits per heavy atom. The Bertz CT molecular complexity index is 957. The van der Waals surface area contributed by atoms with E-state index in [0.717, 1.165) is 23.3 Å². The van der Waals surface area contributed by atoms with E-state index in [-0.39, 0.29) is 5.89 Å². The Labute approximate surface area is 154 Å². The molecule has 1 heterocycles. The van der Waals surface area contributed by atoms with Gasteiger partial charge in [-0.05, 0) is 36.8 Å². The highest BCUT2D eigenvalue weighted by molar-refractivity contribution is 5.62. The quantitative estimate of drug-likeness (QED) is 0.505. The minimum Gasteiger partial charge on any atom is -0.428 e. The van der Waals surface area contributed by atoms with Gasteiger partial charge in [-0.25, -0.2) is 8.78 Å². The van der Waals surface area contributed by atoms with Crippen molar-refractivity contribution in [3.8, 4) is 28.6 Å². The fourth-order valence-electron chi connectivity index (χ4n) is 2.28. The zero-order valence-corrected chi connectivity index (χ0v) is 14.2. The third-order valence-electron chi connectivity index (χ3n) is 3.82. The van der Waals surface area contributed by atoms with Crippen molar-refractivity contribution in [2.75, 3.05) is 0 Å². The maximum Gasteiger partial charge on any atom is 0.470 e. The lowest BCUT2D eigenvalue weighted by Crippen LogP contribution is -2.50. The van der Waals surface area contributed by atoms with Crippen molar-refractivity contribution >= 4 is 0 Å². The SMILES string of the molecule is Cc1ccccc1-c1noc(-c2ccc(OC(F)(F)C(F)(F)C(F)F)cc2)n1. The number of benzene rings is 2. The first kappa shape index (κ1) is 19.7. The first-order valence-corrected chi connectivity index (χ1v) is 7.85. The predicted molar refractivity (Wildman–Crippen MR) is 86.4 cm³/mol. The summed E-state index contributed by atoms with van der Waals surface area (Å²) in [5.41, 5.74) is 1.93. The second-order valence-corrected chi connectivity index (χ2v) is 5.80. The average molecular weight is 402 g/mol. The van der Waals surface area contributed by atoms with Crippen molar-refractivity contribution in [3.63, 3.8) is 0 Å². The van der Waals surface area contributed by atoms with Crippen LogP contribution in [-0.4, -0.2) is 28.6 Å². The topological polar surface area (TPSA) is 48.2 Å². The van der Waals surface area contributed by atoms with Crippen LogP contribution in [0, 0.1) is 6.92 Å². The van der Waals surface area contributed by atoms with Gasteiger partial charge < -0.3 is 9.26 Å². The molecule has 0 saturated carbocycles. The molecule has 0 saturated heterocycles. The van der Waals surface area contributed by atoms with Crippen molar-refractivity contribution in [3.05, 3.63) is 54.1 Å². The van der Waals surface area contributed by atoms with Crippen LogP contribution in [0.3, 0.4) is 0 Å². The van der Waals surface area contributed by atoms with Gasteiger partial charge in [0, 0.05) is 11.1 Å². The zero-order valence-electron chi connectivity index (χ0n) is 14.2. The van der Waals surface area contributed by atoms with E-state index in [4.69, 9.17) is 4.52 Å². The van der Waals surface area contributed by atoms with Crippen LogP contribution in [0.4, 0.5) is 26.3 Å². The molecule has 4 nitrogen and oxygen atoms in total. The number of ether oxygens (including phenoxy) is 1. The van der Waals surface area contributed by atoms with Gasteiger partial charge in [0.2, 0.25) is 5.82 Å². The van der Waals surface area contributed by atoms with Gasteiger partial charge in [-0.2, -0.15) is 22.5 Å². The Morgan fingerprint density at radius 1 is 0.964 bits per heavy atom. The van der Waals surface area contributed by atoms with E-state index in [2.05, 4.69) is 14.9 Å². The summed E-state index contributed by atoms with van der Waals surface area (Å²) in [5, 5.41) is 3.84. The smallest absolute Gasteiger partial charge is 0.428 e. The molecule has 2 aromatic carbocycles.